The number of carbonyl (C=O) groups is 1. The number of aromatic nitrogens is 1. The smallest absolute Gasteiger partial charge is 0.222 e. The third-order valence-electron chi connectivity index (χ3n) is 5.28. The van der Waals surface area contributed by atoms with Crippen molar-refractivity contribution in [2.24, 2.45) is 0 Å². The molecule has 1 aromatic heterocycles. The highest BCUT2D eigenvalue weighted by molar-refractivity contribution is 6.30. The van der Waals surface area contributed by atoms with Crippen molar-refractivity contribution in [2.75, 3.05) is 13.1 Å². The maximum Gasteiger partial charge on any atom is 0.222 e. The van der Waals surface area contributed by atoms with Gasteiger partial charge in [-0.25, -0.2) is 4.98 Å². The molecule has 0 N–H and O–H groups in total. The Hall–Kier alpha value is -2.59. The first-order chi connectivity index (χ1) is 13.6. The molecule has 1 amide bonds. The molecule has 0 bridgehead atoms. The van der Waals surface area contributed by atoms with Crippen molar-refractivity contribution >= 4 is 28.3 Å². The van der Waals surface area contributed by atoms with Gasteiger partial charge in [0.1, 0.15) is 17.0 Å². The number of carbonyl (C=O) groups excluding carboxylic acids is 1. The van der Waals surface area contributed by atoms with Crippen LogP contribution < -0.4 is 4.74 Å². The molecule has 3 aromatic rings. The van der Waals surface area contributed by atoms with Crippen LogP contribution in [-0.2, 0) is 4.79 Å². The van der Waals surface area contributed by atoms with Crippen LogP contribution in [0.4, 0.5) is 0 Å². The van der Waals surface area contributed by atoms with Crippen LogP contribution in [0, 0.1) is 0 Å². The molecule has 1 saturated heterocycles. The Labute approximate surface area is 170 Å². The fourth-order valence-electron chi connectivity index (χ4n) is 3.66. The first kappa shape index (κ1) is 18.8. The molecule has 4 rings (SSSR count). The standard InChI is InChI=1S/C23H23ClN2O2/c1-2-23(27)26-11-9-21(10-12-26)28-20-7-5-16(6-8-20)17-3-4-18-15-25-22(24)14-19(18)13-17/h3-8,13-15,21H,2,9-12H2,1H3. The second-order valence-corrected chi connectivity index (χ2v) is 7.53. The molecule has 28 heavy (non-hydrogen) atoms. The summed E-state index contributed by atoms with van der Waals surface area (Å²) < 4.78 is 6.13. The number of ether oxygens (including phenoxy) is 1. The van der Waals surface area contributed by atoms with Crippen LogP contribution in [0.1, 0.15) is 26.2 Å². The summed E-state index contributed by atoms with van der Waals surface area (Å²) in [6, 6.07) is 16.3. The van der Waals surface area contributed by atoms with Crippen LogP contribution in [0.5, 0.6) is 5.75 Å². The number of fused-ring (bicyclic) bond motifs is 1. The minimum atomic E-state index is 0.169. The zero-order valence-electron chi connectivity index (χ0n) is 15.9. The fourth-order valence-corrected chi connectivity index (χ4v) is 3.83. The Morgan fingerprint density at radius 2 is 1.79 bits per heavy atom. The number of amides is 1. The summed E-state index contributed by atoms with van der Waals surface area (Å²) in [4.78, 5) is 17.8. The Kier molecular flexibility index (Phi) is 5.49. The minimum absolute atomic E-state index is 0.169. The van der Waals surface area contributed by atoms with E-state index in [1.807, 2.05) is 30.0 Å². The average Bonchev–Trinajstić information content (AvgIpc) is 2.73. The molecule has 2 aromatic carbocycles. The molecular weight excluding hydrogens is 372 g/mol. The SMILES string of the molecule is CCC(=O)N1CCC(Oc2ccc(-c3ccc4cnc(Cl)cc4c3)cc2)CC1. The molecule has 0 saturated carbocycles. The van der Waals surface area contributed by atoms with Crippen molar-refractivity contribution in [3.05, 3.63) is 59.9 Å². The van der Waals surface area contributed by atoms with E-state index in [1.54, 1.807) is 6.20 Å². The first-order valence-corrected chi connectivity index (χ1v) is 10.1. The van der Waals surface area contributed by atoms with Gasteiger partial charge in [-0.05, 0) is 40.8 Å². The number of hydrogen-bond donors (Lipinski definition) is 0. The molecule has 144 valence electrons. The summed E-state index contributed by atoms with van der Waals surface area (Å²) in [6.07, 6.45) is 4.30. The average molecular weight is 395 g/mol. The van der Waals surface area contributed by atoms with Gasteiger partial charge in [-0.2, -0.15) is 0 Å². The van der Waals surface area contributed by atoms with Gasteiger partial charge < -0.3 is 9.64 Å². The van der Waals surface area contributed by atoms with Gasteiger partial charge in [0.2, 0.25) is 5.91 Å². The van der Waals surface area contributed by atoms with E-state index in [2.05, 4.69) is 35.3 Å². The zero-order valence-corrected chi connectivity index (χ0v) is 16.7. The molecule has 0 radical (unpaired) electrons. The van der Waals surface area contributed by atoms with Gasteiger partial charge in [-0.1, -0.05) is 42.8 Å². The predicted octanol–water partition coefficient (Wildman–Crippen LogP) is 5.34. The van der Waals surface area contributed by atoms with E-state index in [0.717, 1.165) is 53.6 Å². The molecule has 0 unspecified atom stereocenters. The molecule has 4 nitrogen and oxygen atoms in total. The number of benzene rings is 2. The lowest BCUT2D eigenvalue weighted by molar-refractivity contribution is -0.132. The fraction of sp³-hybridized carbons (Fsp3) is 0.304. The number of halogens is 1. The van der Waals surface area contributed by atoms with Gasteiger partial charge in [0, 0.05) is 43.9 Å². The third-order valence-corrected chi connectivity index (χ3v) is 5.48. The summed E-state index contributed by atoms with van der Waals surface area (Å²) in [6.45, 7) is 3.47. The number of piperidine rings is 1. The maximum absolute atomic E-state index is 11.8. The number of hydrogen-bond acceptors (Lipinski definition) is 3. The molecule has 1 aliphatic heterocycles. The third kappa shape index (κ3) is 4.12. The monoisotopic (exact) mass is 394 g/mol. The van der Waals surface area contributed by atoms with Gasteiger partial charge >= 0.3 is 0 Å². The van der Waals surface area contributed by atoms with Gasteiger partial charge in [-0.15, -0.1) is 0 Å². The van der Waals surface area contributed by atoms with E-state index in [0.29, 0.717) is 11.6 Å². The summed E-state index contributed by atoms with van der Waals surface area (Å²) in [7, 11) is 0. The summed E-state index contributed by atoms with van der Waals surface area (Å²) in [5.41, 5.74) is 2.26. The van der Waals surface area contributed by atoms with Crippen LogP contribution in [0.2, 0.25) is 5.15 Å². The largest absolute Gasteiger partial charge is 0.490 e. The van der Waals surface area contributed by atoms with Crippen molar-refractivity contribution in [3.63, 3.8) is 0 Å². The highest BCUT2D eigenvalue weighted by Crippen LogP contribution is 2.28. The molecule has 0 atom stereocenters. The molecule has 5 heteroatoms. The highest BCUT2D eigenvalue weighted by atomic mass is 35.5. The topological polar surface area (TPSA) is 42.4 Å². The first-order valence-electron chi connectivity index (χ1n) is 9.72. The number of nitrogens with zero attached hydrogens (tertiary/aromatic N) is 2. The van der Waals surface area contributed by atoms with Crippen molar-refractivity contribution < 1.29 is 9.53 Å². The molecular formula is C23H23ClN2O2. The van der Waals surface area contributed by atoms with Crippen LogP contribution in [-0.4, -0.2) is 35.0 Å². The summed E-state index contributed by atoms with van der Waals surface area (Å²) in [5.74, 6) is 1.10. The molecule has 0 spiro atoms. The lowest BCUT2D eigenvalue weighted by Gasteiger charge is -2.32. The van der Waals surface area contributed by atoms with Crippen LogP contribution >= 0.6 is 11.6 Å². The number of likely N-dealkylation sites (tertiary alicyclic amines) is 1. The lowest BCUT2D eigenvalue weighted by atomic mass is 10.0. The van der Waals surface area contributed by atoms with Gasteiger partial charge in [0.25, 0.3) is 0 Å². The lowest BCUT2D eigenvalue weighted by Crippen LogP contribution is -2.41. The number of pyridine rings is 1. The normalized spacial score (nSPS) is 15.0. The van der Waals surface area contributed by atoms with E-state index < -0.39 is 0 Å². The van der Waals surface area contributed by atoms with Crippen molar-refractivity contribution in [3.8, 4) is 16.9 Å². The Morgan fingerprint density at radius 3 is 2.50 bits per heavy atom. The maximum atomic E-state index is 11.8. The highest BCUT2D eigenvalue weighted by Gasteiger charge is 2.22. The second kappa shape index (κ2) is 8.19. The van der Waals surface area contributed by atoms with Crippen LogP contribution in [0.15, 0.2) is 54.7 Å². The quantitative estimate of drug-likeness (QED) is 0.561. The van der Waals surface area contributed by atoms with Crippen LogP contribution in [0.3, 0.4) is 0 Å². The van der Waals surface area contributed by atoms with Gasteiger partial charge in [0.15, 0.2) is 0 Å². The van der Waals surface area contributed by atoms with Gasteiger partial charge in [0.05, 0.1) is 0 Å². The second-order valence-electron chi connectivity index (χ2n) is 7.14. The van der Waals surface area contributed by atoms with E-state index in [4.69, 9.17) is 16.3 Å². The molecule has 1 fully saturated rings. The van der Waals surface area contributed by atoms with E-state index >= 15 is 0 Å². The molecule has 1 aliphatic rings. The van der Waals surface area contributed by atoms with Gasteiger partial charge in [-0.3, -0.25) is 4.79 Å². The number of rotatable bonds is 4. The van der Waals surface area contributed by atoms with Crippen molar-refractivity contribution in [1.29, 1.82) is 0 Å². The molecule has 2 heterocycles. The Bertz CT molecular complexity index is 980. The van der Waals surface area contributed by atoms with Crippen molar-refractivity contribution in [1.82, 2.24) is 9.88 Å². The zero-order chi connectivity index (χ0) is 19.5. The van der Waals surface area contributed by atoms with E-state index in [-0.39, 0.29) is 12.0 Å². The summed E-state index contributed by atoms with van der Waals surface area (Å²) >= 11 is 6.02. The molecule has 0 aliphatic carbocycles. The van der Waals surface area contributed by atoms with Crippen molar-refractivity contribution in [2.45, 2.75) is 32.3 Å². The Balaban J connectivity index is 1.42. The van der Waals surface area contributed by atoms with E-state index in [1.165, 1.54) is 0 Å². The van der Waals surface area contributed by atoms with Crippen LogP contribution in [0.25, 0.3) is 21.9 Å². The summed E-state index contributed by atoms with van der Waals surface area (Å²) in [5, 5.41) is 2.65. The predicted molar refractivity (Wildman–Crippen MR) is 113 cm³/mol. The minimum Gasteiger partial charge on any atom is -0.490 e. The Morgan fingerprint density at radius 1 is 1.07 bits per heavy atom. The van der Waals surface area contributed by atoms with E-state index in [9.17, 15) is 4.79 Å².